The van der Waals surface area contributed by atoms with Crippen molar-refractivity contribution in [1.29, 1.82) is 0 Å². The summed E-state index contributed by atoms with van der Waals surface area (Å²) in [7, 11) is 0. The fourth-order valence-electron chi connectivity index (χ4n) is 3.43. The van der Waals surface area contributed by atoms with Gasteiger partial charge in [0.2, 0.25) is 5.91 Å². The number of amides is 1. The Hall–Kier alpha value is -0.360. The van der Waals surface area contributed by atoms with Gasteiger partial charge in [-0.15, -0.1) is 36.2 Å². The predicted octanol–water partition coefficient (Wildman–Crippen LogP) is 3.89. The largest absolute Gasteiger partial charge is 0.347 e. The fraction of sp³-hybridized carbons (Fsp3) is 0.765. The van der Waals surface area contributed by atoms with Crippen LogP contribution in [0.15, 0.2) is 5.38 Å². The summed E-state index contributed by atoms with van der Waals surface area (Å²) in [6, 6.07) is 0.145. The molecule has 2 heterocycles. The van der Waals surface area contributed by atoms with Crippen LogP contribution in [0, 0.1) is 24.7 Å². The van der Waals surface area contributed by atoms with Gasteiger partial charge in [0.05, 0.1) is 6.04 Å². The Morgan fingerprint density at radius 1 is 1.29 bits per heavy atom. The quantitative estimate of drug-likeness (QED) is 0.770. The molecule has 1 saturated carbocycles. The molecule has 1 aliphatic heterocycles. The fourth-order valence-corrected chi connectivity index (χ4v) is 4.37. The van der Waals surface area contributed by atoms with Gasteiger partial charge in [0.15, 0.2) is 0 Å². The predicted molar refractivity (Wildman–Crippen MR) is 104 cm³/mol. The van der Waals surface area contributed by atoms with E-state index in [9.17, 15) is 4.79 Å². The monoisotopic (exact) mass is 393 g/mol. The van der Waals surface area contributed by atoms with E-state index in [1.54, 1.807) is 11.3 Å². The maximum Gasteiger partial charge on any atom is 0.220 e. The third-order valence-corrected chi connectivity index (χ3v) is 6.05. The first-order chi connectivity index (χ1) is 10.6. The van der Waals surface area contributed by atoms with E-state index in [2.05, 4.69) is 27.9 Å². The van der Waals surface area contributed by atoms with E-state index < -0.39 is 0 Å². The lowest BCUT2D eigenvalue weighted by Gasteiger charge is -2.28. The molecule has 1 aromatic heterocycles. The third kappa shape index (κ3) is 5.87. The molecule has 0 spiro atoms. The Morgan fingerprint density at radius 3 is 2.50 bits per heavy atom. The molecule has 2 unspecified atom stereocenters. The molecule has 1 saturated heterocycles. The zero-order valence-corrected chi connectivity index (χ0v) is 16.9. The lowest BCUT2D eigenvalue weighted by molar-refractivity contribution is -0.123. The van der Waals surface area contributed by atoms with Crippen LogP contribution in [0.1, 0.15) is 55.8 Å². The zero-order valence-electron chi connectivity index (χ0n) is 14.4. The molecule has 1 aromatic rings. The van der Waals surface area contributed by atoms with E-state index in [0.717, 1.165) is 23.8 Å². The van der Waals surface area contributed by atoms with Gasteiger partial charge >= 0.3 is 0 Å². The Morgan fingerprint density at radius 2 is 1.96 bits per heavy atom. The van der Waals surface area contributed by atoms with Gasteiger partial charge < -0.3 is 10.6 Å². The molecule has 138 valence electrons. The first-order valence-electron chi connectivity index (χ1n) is 8.55. The molecule has 7 heteroatoms. The molecule has 2 fully saturated rings. The van der Waals surface area contributed by atoms with Gasteiger partial charge in [0.1, 0.15) is 5.01 Å². The summed E-state index contributed by atoms with van der Waals surface area (Å²) in [4.78, 5) is 17.1. The lowest BCUT2D eigenvalue weighted by Crippen LogP contribution is -2.35. The normalized spacial score (nSPS) is 20.4. The summed E-state index contributed by atoms with van der Waals surface area (Å²) in [5, 5.41) is 9.83. The van der Waals surface area contributed by atoms with Crippen LogP contribution in [-0.2, 0) is 4.79 Å². The maximum absolute atomic E-state index is 12.5. The number of carbonyl (C=O) groups is 1. The van der Waals surface area contributed by atoms with Gasteiger partial charge in [-0.2, -0.15) is 0 Å². The first kappa shape index (κ1) is 21.7. The number of hydrogen-bond acceptors (Lipinski definition) is 4. The summed E-state index contributed by atoms with van der Waals surface area (Å²) in [6.45, 7) is 6.44. The van der Waals surface area contributed by atoms with Crippen molar-refractivity contribution >= 4 is 42.1 Å². The van der Waals surface area contributed by atoms with E-state index in [4.69, 9.17) is 0 Å². The Kier molecular flexibility index (Phi) is 8.99. The van der Waals surface area contributed by atoms with Gasteiger partial charge in [0.25, 0.3) is 0 Å². The van der Waals surface area contributed by atoms with E-state index in [1.165, 1.54) is 25.7 Å². The molecule has 24 heavy (non-hydrogen) atoms. The Balaban J connectivity index is 0.00000144. The molecule has 2 aliphatic rings. The van der Waals surface area contributed by atoms with Gasteiger partial charge in [-0.25, -0.2) is 4.98 Å². The van der Waals surface area contributed by atoms with Crippen LogP contribution in [0.3, 0.4) is 0 Å². The van der Waals surface area contributed by atoms with Gasteiger partial charge in [-0.1, -0.05) is 6.92 Å². The molecule has 0 aromatic carbocycles. The summed E-state index contributed by atoms with van der Waals surface area (Å²) in [5.41, 5.74) is 1.06. The van der Waals surface area contributed by atoms with Crippen LogP contribution < -0.4 is 10.6 Å². The molecular weight excluding hydrogens is 365 g/mol. The second-order valence-corrected chi connectivity index (χ2v) is 7.87. The van der Waals surface area contributed by atoms with Crippen molar-refractivity contribution in [2.24, 2.45) is 17.8 Å². The topological polar surface area (TPSA) is 54.0 Å². The van der Waals surface area contributed by atoms with Crippen LogP contribution in [0.25, 0.3) is 0 Å². The van der Waals surface area contributed by atoms with Crippen LogP contribution in [0.4, 0.5) is 0 Å². The summed E-state index contributed by atoms with van der Waals surface area (Å²) < 4.78 is 0. The van der Waals surface area contributed by atoms with Gasteiger partial charge in [0, 0.05) is 17.5 Å². The molecule has 1 amide bonds. The smallest absolute Gasteiger partial charge is 0.220 e. The molecule has 2 atom stereocenters. The van der Waals surface area contributed by atoms with E-state index in [-0.39, 0.29) is 36.8 Å². The van der Waals surface area contributed by atoms with Crippen LogP contribution in [-0.4, -0.2) is 24.0 Å². The molecule has 0 radical (unpaired) electrons. The number of hydrogen-bond donors (Lipinski definition) is 2. The number of aromatic nitrogens is 1. The highest BCUT2D eigenvalue weighted by Gasteiger charge is 2.35. The van der Waals surface area contributed by atoms with Crippen molar-refractivity contribution in [3.8, 4) is 0 Å². The highest BCUT2D eigenvalue weighted by Crippen LogP contribution is 2.42. The number of halogens is 2. The van der Waals surface area contributed by atoms with Gasteiger partial charge in [-0.05, 0) is 63.5 Å². The van der Waals surface area contributed by atoms with Crippen molar-refractivity contribution in [3.63, 3.8) is 0 Å². The Bertz CT molecular complexity index is 516. The average Bonchev–Trinajstić information content (AvgIpc) is 3.27. The van der Waals surface area contributed by atoms with Crippen molar-refractivity contribution in [2.45, 2.75) is 52.0 Å². The molecule has 2 N–H and O–H groups in total. The minimum atomic E-state index is 0. The van der Waals surface area contributed by atoms with E-state index in [1.807, 2.05) is 6.92 Å². The Labute approximate surface area is 161 Å². The zero-order chi connectivity index (χ0) is 15.5. The maximum atomic E-state index is 12.5. The number of nitrogens with one attached hydrogen (secondary N) is 2. The molecule has 1 aliphatic carbocycles. The number of rotatable bonds is 6. The first-order valence-corrected chi connectivity index (χ1v) is 9.43. The van der Waals surface area contributed by atoms with Gasteiger partial charge in [-0.3, -0.25) is 4.79 Å². The van der Waals surface area contributed by atoms with Crippen LogP contribution >= 0.6 is 36.2 Å². The number of aryl methyl sites for hydroxylation is 1. The van der Waals surface area contributed by atoms with Crippen molar-refractivity contribution in [1.82, 2.24) is 15.6 Å². The minimum Gasteiger partial charge on any atom is -0.347 e. The second-order valence-electron chi connectivity index (χ2n) is 6.98. The number of piperidine rings is 1. The summed E-state index contributed by atoms with van der Waals surface area (Å²) in [5.74, 6) is 1.97. The van der Waals surface area contributed by atoms with Crippen molar-refractivity contribution < 1.29 is 4.79 Å². The third-order valence-electron chi connectivity index (χ3n) is 5.01. The SMILES string of the molecule is Cc1csc(C(NC(=O)CC(C)C2CCNCC2)C2CC2)n1.Cl.Cl. The average molecular weight is 394 g/mol. The molecular formula is C17H29Cl2N3OS. The van der Waals surface area contributed by atoms with Crippen LogP contribution in [0.2, 0.25) is 0 Å². The lowest BCUT2D eigenvalue weighted by atomic mass is 9.84. The van der Waals surface area contributed by atoms with E-state index in [0.29, 0.717) is 24.2 Å². The minimum absolute atomic E-state index is 0. The van der Waals surface area contributed by atoms with E-state index >= 15 is 0 Å². The number of nitrogens with zero attached hydrogens (tertiary/aromatic N) is 1. The standard InChI is InChI=1S/C17H27N3OS.2ClH/c1-11(13-5-7-18-8-6-13)9-15(21)20-16(14-3-4-14)17-19-12(2)10-22-17;;/h10-11,13-14,16,18H,3-9H2,1-2H3,(H,20,21);2*1H. The number of thiazole rings is 1. The number of carbonyl (C=O) groups excluding carboxylic acids is 1. The molecule has 0 bridgehead atoms. The summed E-state index contributed by atoms with van der Waals surface area (Å²) in [6.07, 6.45) is 5.48. The molecule has 4 nitrogen and oxygen atoms in total. The van der Waals surface area contributed by atoms with Crippen LogP contribution in [0.5, 0.6) is 0 Å². The summed E-state index contributed by atoms with van der Waals surface area (Å²) >= 11 is 1.68. The second kappa shape index (κ2) is 9.95. The van der Waals surface area contributed by atoms with Crippen molar-refractivity contribution in [3.05, 3.63) is 16.1 Å². The highest BCUT2D eigenvalue weighted by atomic mass is 35.5. The molecule has 3 rings (SSSR count). The highest BCUT2D eigenvalue weighted by molar-refractivity contribution is 7.09. The van der Waals surface area contributed by atoms with Crippen molar-refractivity contribution in [2.75, 3.05) is 13.1 Å².